The summed E-state index contributed by atoms with van der Waals surface area (Å²) in [7, 11) is 0. The number of hydrogen-bond donors (Lipinski definition) is 1. The Hall–Kier alpha value is 0.430. The topological polar surface area (TPSA) is 29.5 Å². The van der Waals surface area contributed by atoms with Crippen LogP contribution in [-0.2, 0) is 4.74 Å². The number of fused-ring (bicyclic) bond motifs is 2. The molecule has 0 aliphatic carbocycles. The molecule has 2 aliphatic rings. The number of alkyl halides is 2. The smallest absolute Gasteiger partial charge is 0.0797 e. The number of rotatable bonds is 8. The first-order chi connectivity index (χ1) is 10.8. The van der Waals surface area contributed by atoms with E-state index in [1.807, 2.05) is 6.92 Å². The first kappa shape index (κ1) is 20.7. The largest absolute Gasteiger partial charge is 0.386 e. The third-order valence-corrected chi connectivity index (χ3v) is 8.77. The van der Waals surface area contributed by atoms with Crippen LogP contribution in [0, 0.1) is 11.3 Å². The Bertz CT molecular complexity index is 473. The summed E-state index contributed by atoms with van der Waals surface area (Å²) in [5.74, 6) is 0.466. The molecule has 2 aliphatic heterocycles. The second-order valence-electron chi connectivity index (χ2n) is 9.19. The van der Waals surface area contributed by atoms with Gasteiger partial charge in [0.05, 0.1) is 22.2 Å². The van der Waals surface area contributed by atoms with Gasteiger partial charge in [-0.15, -0.1) is 18.2 Å². The molecule has 3 unspecified atom stereocenters. The van der Waals surface area contributed by atoms with E-state index in [1.54, 1.807) is 6.08 Å². The molecule has 2 rings (SSSR count). The van der Waals surface area contributed by atoms with E-state index in [4.69, 9.17) is 16.3 Å². The molecule has 6 atom stereocenters. The number of halogens is 2. The molecule has 2 bridgehead atoms. The molecule has 24 heavy (non-hydrogen) atoms. The fourth-order valence-corrected chi connectivity index (χ4v) is 5.13. The van der Waals surface area contributed by atoms with Crippen molar-refractivity contribution in [2.75, 3.05) is 0 Å². The molecule has 2 saturated heterocycles. The first-order valence-corrected chi connectivity index (χ1v) is 10.5. The minimum atomic E-state index is -0.796. The van der Waals surface area contributed by atoms with E-state index in [2.05, 4.69) is 50.2 Å². The molecule has 140 valence electrons. The quantitative estimate of drug-likeness (QED) is 0.394. The number of ether oxygens (including phenoxy) is 1. The summed E-state index contributed by atoms with van der Waals surface area (Å²) < 4.78 is 6.45. The van der Waals surface area contributed by atoms with Gasteiger partial charge in [0, 0.05) is 4.83 Å². The van der Waals surface area contributed by atoms with Crippen molar-refractivity contribution in [1.29, 1.82) is 0 Å². The summed E-state index contributed by atoms with van der Waals surface area (Å²) in [6.45, 7) is 14.4. The molecular formula is C20H34BrClO2. The molecule has 0 spiro atoms. The van der Waals surface area contributed by atoms with Crippen LogP contribution >= 0.6 is 27.5 Å². The minimum absolute atomic E-state index is 0.0467. The minimum Gasteiger partial charge on any atom is -0.386 e. The molecule has 2 fully saturated rings. The Kier molecular flexibility index (Phi) is 5.93. The van der Waals surface area contributed by atoms with Crippen LogP contribution in [0.2, 0.25) is 0 Å². The predicted molar refractivity (Wildman–Crippen MR) is 106 cm³/mol. The van der Waals surface area contributed by atoms with E-state index < -0.39 is 5.60 Å². The molecule has 0 aromatic rings. The van der Waals surface area contributed by atoms with Crippen molar-refractivity contribution in [2.24, 2.45) is 11.3 Å². The lowest BCUT2D eigenvalue weighted by Gasteiger charge is -2.43. The summed E-state index contributed by atoms with van der Waals surface area (Å²) in [5.41, 5.74) is -0.692. The molecule has 1 N–H and O–H groups in total. The van der Waals surface area contributed by atoms with Gasteiger partial charge in [0.15, 0.2) is 0 Å². The van der Waals surface area contributed by atoms with Crippen LogP contribution in [0.4, 0.5) is 0 Å². The molecular weight excluding hydrogens is 388 g/mol. The zero-order valence-electron chi connectivity index (χ0n) is 15.9. The summed E-state index contributed by atoms with van der Waals surface area (Å²) in [4.78, 5) is 0.0353. The molecule has 4 heteroatoms. The van der Waals surface area contributed by atoms with Crippen LogP contribution in [0.1, 0.15) is 73.1 Å². The van der Waals surface area contributed by atoms with Crippen molar-refractivity contribution < 1.29 is 9.84 Å². The van der Waals surface area contributed by atoms with Gasteiger partial charge in [-0.3, -0.25) is 0 Å². The van der Waals surface area contributed by atoms with Gasteiger partial charge in [0.25, 0.3) is 0 Å². The van der Waals surface area contributed by atoms with E-state index >= 15 is 0 Å². The summed E-state index contributed by atoms with van der Waals surface area (Å²) in [5, 5.41) is 10.3. The lowest BCUT2D eigenvalue weighted by Crippen LogP contribution is -2.44. The van der Waals surface area contributed by atoms with Crippen molar-refractivity contribution in [3.8, 4) is 0 Å². The molecule has 2 heterocycles. The van der Waals surface area contributed by atoms with Gasteiger partial charge in [-0.05, 0) is 77.6 Å². The first-order valence-electron chi connectivity index (χ1n) is 9.21. The highest BCUT2D eigenvalue weighted by atomic mass is 79.9. The molecule has 0 saturated carbocycles. The monoisotopic (exact) mass is 420 g/mol. The fourth-order valence-electron chi connectivity index (χ4n) is 4.79. The molecule has 0 aromatic carbocycles. The Morgan fingerprint density at radius 1 is 1.42 bits per heavy atom. The van der Waals surface area contributed by atoms with Crippen molar-refractivity contribution in [3.05, 3.63) is 12.7 Å². The fraction of sp³-hybridized carbons (Fsp3) is 0.900. The third-order valence-electron chi connectivity index (χ3n) is 6.64. The summed E-state index contributed by atoms with van der Waals surface area (Å²) in [6, 6.07) is 0. The van der Waals surface area contributed by atoms with Crippen LogP contribution in [0.15, 0.2) is 12.7 Å². The molecule has 0 radical (unpaired) electrons. The van der Waals surface area contributed by atoms with Crippen molar-refractivity contribution in [1.82, 2.24) is 0 Å². The average molecular weight is 422 g/mol. The van der Waals surface area contributed by atoms with Gasteiger partial charge in [0.1, 0.15) is 0 Å². The van der Waals surface area contributed by atoms with Crippen LogP contribution in [-0.4, -0.2) is 32.1 Å². The van der Waals surface area contributed by atoms with Gasteiger partial charge in [0.2, 0.25) is 0 Å². The standard InChI is InChI=1S/C20H34BrClO2/c1-7-18(4,23)11-8-14-19(5,12-9-15(21)17(2,3)22)16-10-13-20(14,6)24-16/h7,14-16,23H,1,8-13H2,2-6H3/t14?,15-,16?,18+,19?,20-/m0/s1. The summed E-state index contributed by atoms with van der Waals surface area (Å²) in [6.07, 6.45) is 8.12. The molecule has 0 amide bonds. The number of aliphatic hydroxyl groups is 1. The second kappa shape index (κ2) is 6.87. The van der Waals surface area contributed by atoms with Crippen molar-refractivity contribution >= 4 is 27.5 Å². The van der Waals surface area contributed by atoms with E-state index in [9.17, 15) is 5.11 Å². The SMILES string of the molecule is C=C[C@@](C)(O)CCC1C(C)(CC[C@H](Br)C(C)(C)Cl)C2CC[C@]1(C)O2. The maximum Gasteiger partial charge on any atom is 0.0797 e. The Morgan fingerprint density at radius 3 is 2.58 bits per heavy atom. The maximum absolute atomic E-state index is 10.3. The van der Waals surface area contributed by atoms with Crippen LogP contribution in [0.5, 0.6) is 0 Å². The van der Waals surface area contributed by atoms with E-state index in [-0.39, 0.29) is 20.7 Å². The van der Waals surface area contributed by atoms with Gasteiger partial charge in [-0.1, -0.05) is 28.9 Å². The van der Waals surface area contributed by atoms with E-state index in [0.717, 1.165) is 38.5 Å². The highest BCUT2D eigenvalue weighted by molar-refractivity contribution is 9.09. The van der Waals surface area contributed by atoms with Crippen LogP contribution < -0.4 is 0 Å². The van der Waals surface area contributed by atoms with Gasteiger partial charge < -0.3 is 9.84 Å². The molecule has 2 nitrogen and oxygen atoms in total. The molecule has 0 aromatic heterocycles. The zero-order valence-corrected chi connectivity index (χ0v) is 18.2. The highest BCUT2D eigenvalue weighted by Gasteiger charge is 2.62. The lowest BCUT2D eigenvalue weighted by molar-refractivity contribution is -0.000272. The average Bonchev–Trinajstić information content (AvgIpc) is 2.95. The van der Waals surface area contributed by atoms with E-state index in [1.165, 1.54) is 0 Å². The van der Waals surface area contributed by atoms with E-state index in [0.29, 0.717) is 12.0 Å². The van der Waals surface area contributed by atoms with Gasteiger partial charge in [-0.2, -0.15) is 0 Å². The Balaban J connectivity index is 2.11. The zero-order chi connectivity index (χ0) is 18.4. The lowest BCUT2D eigenvalue weighted by atomic mass is 9.59. The van der Waals surface area contributed by atoms with Gasteiger partial charge >= 0.3 is 0 Å². The van der Waals surface area contributed by atoms with Crippen LogP contribution in [0.25, 0.3) is 0 Å². The maximum atomic E-state index is 10.3. The second-order valence-corrected chi connectivity index (χ2v) is 11.3. The van der Waals surface area contributed by atoms with Crippen molar-refractivity contribution in [3.63, 3.8) is 0 Å². The van der Waals surface area contributed by atoms with Crippen LogP contribution in [0.3, 0.4) is 0 Å². The number of hydrogen-bond acceptors (Lipinski definition) is 2. The predicted octanol–water partition coefficient (Wildman–Crippen LogP) is 5.84. The Labute approximate surface area is 161 Å². The third kappa shape index (κ3) is 4.05. The van der Waals surface area contributed by atoms with Crippen molar-refractivity contribution in [2.45, 2.75) is 100 Å². The summed E-state index contributed by atoms with van der Waals surface area (Å²) >= 11 is 10.2. The van der Waals surface area contributed by atoms with Gasteiger partial charge in [-0.25, -0.2) is 0 Å². The highest BCUT2D eigenvalue weighted by Crippen LogP contribution is 2.61. The normalized spacial score (nSPS) is 39.7. The Morgan fingerprint density at radius 2 is 2.04 bits per heavy atom.